The molecule has 1 saturated heterocycles. The third-order valence-electron chi connectivity index (χ3n) is 2.58. The Bertz CT molecular complexity index is 146. The van der Waals surface area contributed by atoms with Gasteiger partial charge >= 0.3 is 0 Å². The van der Waals surface area contributed by atoms with E-state index in [1.165, 1.54) is 0 Å². The van der Waals surface area contributed by atoms with Crippen molar-refractivity contribution in [2.24, 2.45) is 5.92 Å². The maximum absolute atomic E-state index is 9.48. The second-order valence-electron chi connectivity index (χ2n) is 3.40. The zero-order chi connectivity index (χ0) is 11.3. The molecule has 1 aliphatic heterocycles. The summed E-state index contributed by atoms with van der Waals surface area (Å²) in [6, 6.07) is 0. The molecule has 3 N–H and O–H groups in total. The predicted molar refractivity (Wildman–Crippen MR) is 53.9 cm³/mol. The lowest BCUT2D eigenvalue weighted by Crippen LogP contribution is -2.53. The Morgan fingerprint density at radius 2 is 1.57 bits per heavy atom. The van der Waals surface area contributed by atoms with Crippen LogP contribution in [0.15, 0.2) is 0 Å². The van der Waals surface area contributed by atoms with Gasteiger partial charge in [0.25, 0.3) is 0 Å². The Hall–Kier alpha value is -0.160. The highest BCUT2D eigenvalue weighted by Gasteiger charge is 2.39. The van der Waals surface area contributed by atoms with Crippen LogP contribution in [0.25, 0.3) is 0 Å². The van der Waals surface area contributed by atoms with Crippen molar-refractivity contribution in [2.75, 3.05) is 6.61 Å². The minimum atomic E-state index is -0.971. The first-order valence-electron chi connectivity index (χ1n) is 5.20. The fourth-order valence-corrected chi connectivity index (χ4v) is 1.44. The molecule has 4 nitrogen and oxygen atoms in total. The maximum atomic E-state index is 9.48. The van der Waals surface area contributed by atoms with E-state index in [4.69, 9.17) is 9.84 Å². The van der Waals surface area contributed by atoms with Gasteiger partial charge in [-0.1, -0.05) is 20.8 Å². The van der Waals surface area contributed by atoms with E-state index in [-0.39, 0.29) is 18.6 Å². The van der Waals surface area contributed by atoms with Gasteiger partial charge in [-0.25, -0.2) is 0 Å². The highest BCUT2D eigenvalue weighted by molar-refractivity contribution is 4.87. The lowest BCUT2D eigenvalue weighted by molar-refractivity contribution is -0.200. The summed E-state index contributed by atoms with van der Waals surface area (Å²) in [6.45, 7) is 7.38. The van der Waals surface area contributed by atoms with Crippen LogP contribution in [0.5, 0.6) is 0 Å². The van der Waals surface area contributed by atoms with E-state index in [1.807, 2.05) is 27.7 Å². The second-order valence-corrected chi connectivity index (χ2v) is 3.40. The lowest BCUT2D eigenvalue weighted by atomic mass is 9.89. The van der Waals surface area contributed by atoms with E-state index in [1.54, 1.807) is 0 Å². The molecule has 1 aliphatic rings. The third kappa shape index (κ3) is 2.92. The average Bonchev–Trinajstić information content (AvgIpc) is 2.23. The van der Waals surface area contributed by atoms with Crippen molar-refractivity contribution in [3.63, 3.8) is 0 Å². The minimum Gasteiger partial charge on any atom is -0.394 e. The molecular weight excluding hydrogens is 184 g/mol. The minimum absolute atomic E-state index is 0.0946. The highest BCUT2D eigenvalue weighted by Crippen LogP contribution is 2.25. The topological polar surface area (TPSA) is 69.9 Å². The van der Waals surface area contributed by atoms with E-state index >= 15 is 0 Å². The first-order valence-corrected chi connectivity index (χ1v) is 5.20. The summed E-state index contributed by atoms with van der Waals surface area (Å²) in [6.07, 6.45) is -2.54. The summed E-state index contributed by atoms with van der Waals surface area (Å²) >= 11 is 0. The fraction of sp³-hybridized carbons (Fsp3) is 1.00. The molecule has 0 unspecified atom stereocenters. The second kappa shape index (κ2) is 6.35. The van der Waals surface area contributed by atoms with Gasteiger partial charge in [-0.05, 0) is 6.92 Å². The van der Waals surface area contributed by atoms with E-state index in [9.17, 15) is 10.2 Å². The molecule has 1 heterocycles. The summed E-state index contributed by atoms with van der Waals surface area (Å²) in [4.78, 5) is 0. The number of hydrogen-bond donors (Lipinski definition) is 3. The average molecular weight is 206 g/mol. The van der Waals surface area contributed by atoms with Gasteiger partial charge in [0.05, 0.1) is 18.8 Å². The predicted octanol–water partition coefficient (Wildman–Crippen LogP) is 0.150. The molecule has 0 radical (unpaired) electrons. The monoisotopic (exact) mass is 206 g/mol. The lowest BCUT2D eigenvalue weighted by Gasteiger charge is -2.39. The van der Waals surface area contributed by atoms with Crippen molar-refractivity contribution >= 4 is 0 Å². The number of aliphatic hydroxyl groups is 3. The third-order valence-corrected chi connectivity index (χ3v) is 2.58. The van der Waals surface area contributed by atoms with E-state index in [0.717, 1.165) is 0 Å². The first kappa shape index (κ1) is 13.8. The normalized spacial score (nSPS) is 42.6. The van der Waals surface area contributed by atoms with Gasteiger partial charge in [0.15, 0.2) is 0 Å². The molecule has 0 amide bonds. The summed E-state index contributed by atoms with van der Waals surface area (Å²) in [5.74, 6) is -0.0946. The van der Waals surface area contributed by atoms with Crippen molar-refractivity contribution in [1.29, 1.82) is 0 Å². The molecule has 1 fully saturated rings. The molecule has 0 aromatic heterocycles. The number of rotatable bonds is 1. The first-order chi connectivity index (χ1) is 6.57. The Balaban J connectivity index is 0.000000791. The van der Waals surface area contributed by atoms with Crippen molar-refractivity contribution < 1.29 is 20.1 Å². The van der Waals surface area contributed by atoms with Gasteiger partial charge in [-0.3, -0.25) is 0 Å². The van der Waals surface area contributed by atoms with Crippen LogP contribution in [-0.2, 0) is 4.74 Å². The molecule has 0 aliphatic carbocycles. The van der Waals surface area contributed by atoms with Crippen LogP contribution in [0.1, 0.15) is 27.7 Å². The van der Waals surface area contributed by atoms with Crippen LogP contribution >= 0.6 is 0 Å². The molecule has 0 bridgehead atoms. The summed E-state index contributed by atoms with van der Waals surface area (Å²) in [7, 11) is 0. The van der Waals surface area contributed by atoms with Gasteiger partial charge in [-0.2, -0.15) is 0 Å². The standard InChI is InChI=1S/C8H16O4.C2H6/c1-4-5(2)12-6(3-9)8(11)7(4)10;1-2/h4-11H,3H2,1-2H3;1-2H3/t4-,5-,6+,7+,8+;/m0./s1. The zero-order valence-corrected chi connectivity index (χ0v) is 9.34. The van der Waals surface area contributed by atoms with Crippen LogP contribution < -0.4 is 0 Å². The summed E-state index contributed by atoms with van der Waals surface area (Å²) in [5, 5.41) is 27.7. The molecule has 0 aromatic carbocycles. The largest absolute Gasteiger partial charge is 0.394 e. The van der Waals surface area contributed by atoms with Crippen LogP contribution in [0.3, 0.4) is 0 Å². The maximum Gasteiger partial charge on any atom is 0.109 e. The number of aliphatic hydroxyl groups excluding tert-OH is 3. The zero-order valence-electron chi connectivity index (χ0n) is 9.34. The van der Waals surface area contributed by atoms with Crippen molar-refractivity contribution in [2.45, 2.75) is 52.1 Å². The Labute approximate surface area is 85.5 Å². The Morgan fingerprint density at radius 3 is 2.00 bits per heavy atom. The van der Waals surface area contributed by atoms with Crippen LogP contribution in [0.4, 0.5) is 0 Å². The molecule has 5 atom stereocenters. The van der Waals surface area contributed by atoms with E-state index in [0.29, 0.717) is 0 Å². The molecule has 86 valence electrons. The van der Waals surface area contributed by atoms with Crippen molar-refractivity contribution in [3.8, 4) is 0 Å². The smallest absolute Gasteiger partial charge is 0.109 e. The quantitative estimate of drug-likeness (QED) is 0.571. The molecule has 4 heteroatoms. The van der Waals surface area contributed by atoms with Crippen LogP contribution in [-0.4, -0.2) is 46.3 Å². The molecule has 0 aromatic rings. The molecular formula is C10H22O4. The van der Waals surface area contributed by atoms with Gasteiger partial charge in [-0.15, -0.1) is 0 Å². The number of hydrogen-bond acceptors (Lipinski definition) is 4. The molecule has 1 rings (SSSR count). The summed E-state index contributed by atoms with van der Waals surface area (Å²) in [5.41, 5.74) is 0. The Morgan fingerprint density at radius 1 is 1.07 bits per heavy atom. The summed E-state index contributed by atoms with van der Waals surface area (Å²) < 4.78 is 5.27. The van der Waals surface area contributed by atoms with Gasteiger partial charge in [0.1, 0.15) is 12.2 Å². The van der Waals surface area contributed by atoms with Crippen LogP contribution in [0, 0.1) is 5.92 Å². The fourth-order valence-electron chi connectivity index (χ4n) is 1.44. The number of ether oxygens (including phenoxy) is 1. The van der Waals surface area contributed by atoms with Gasteiger partial charge in [0, 0.05) is 5.92 Å². The SMILES string of the molecule is CC.C[C@@H]1[C@@H](O)[C@H](O)[C@@H](CO)O[C@H]1C. The molecule has 14 heavy (non-hydrogen) atoms. The highest BCUT2D eigenvalue weighted by atomic mass is 16.5. The van der Waals surface area contributed by atoms with Crippen LogP contribution in [0.2, 0.25) is 0 Å². The van der Waals surface area contributed by atoms with Gasteiger partial charge in [0.2, 0.25) is 0 Å². The van der Waals surface area contributed by atoms with E-state index < -0.39 is 18.3 Å². The van der Waals surface area contributed by atoms with Crippen molar-refractivity contribution in [1.82, 2.24) is 0 Å². The van der Waals surface area contributed by atoms with Gasteiger partial charge < -0.3 is 20.1 Å². The molecule has 0 spiro atoms. The van der Waals surface area contributed by atoms with E-state index in [2.05, 4.69) is 0 Å². The molecule has 0 saturated carbocycles. The Kier molecular flexibility index (Phi) is 6.27. The van der Waals surface area contributed by atoms with Crippen molar-refractivity contribution in [3.05, 3.63) is 0 Å².